The summed E-state index contributed by atoms with van der Waals surface area (Å²) < 4.78 is 0. The van der Waals surface area contributed by atoms with E-state index >= 15 is 0 Å². The Kier molecular flexibility index (Phi) is 3.92. The van der Waals surface area contributed by atoms with Crippen LogP contribution < -0.4 is 5.73 Å². The molecule has 2 aromatic rings. The number of nitrogens with two attached hydrogens (primary N) is 1. The average Bonchev–Trinajstić information content (AvgIpc) is 2.87. The molecule has 1 aromatic carbocycles. The Morgan fingerprint density at radius 2 is 2.00 bits per heavy atom. The van der Waals surface area contributed by atoms with Crippen LogP contribution in [-0.2, 0) is 6.54 Å². The van der Waals surface area contributed by atoms with Crippen molar-refractivity contribution >= 4 is 11.3 Å². The zero-order valence-electron chi connectivity index (χ0n) is 10.3. The molecule has 17 heavy (non-hydrogen) atoms. The van der Waals surface area contributed by atoms with E-state index in [0.29, 0.717) is 12.5 Å². The molecule has 3 heteroatoms. The summed E-state index contributed by atoms with van der Waals surface area (Å²) in [5, 5.41) is 3.06. The maximum atomic E-state index is 5.57. The van der Waals surface area contributed by atoms with Crippen LogP contribution >= 0.6 is 11.3 Å². The predicted molar refractivity (Wildman–Crippen MR) is 74.1 cm³/mol. The van der Waals surface area contributed by atoms with Crippen LogP contribution in [0.1, 0.15) is 36.8 Å². The van der Waals surface area contributed by atoms with Gasteiger partial charge in [-0.1, -0.05) is 38.1 Å². The second-order valence-electron chi connectivity index (χ2n) is 4.26. The van der Waals surface area contributed by atoms with Crippen molar-refractivity contribution in [1.29, 1.82) is 0 Å². The lowest BCUT2D eigenvalue weighted by atomic mass is 9.97. The van der Waals surface area contributed by atoms with Gasteiger partial charge in [0.05, 0.1) is 5.69 Å². The van der Waals surface area contributed by atoms with Crippen molar-refractivity contribution < 1.29 is 0 Å². The number of nitrogens with zero attached hydrogens (tertiary/aromatic N) is 1. The van der Waals surface area contributed by atoms with Gasteiger partial charge in [-0.3, -0.25) is 0 Å². The number of aromatic nitrogens is 1. The molecule has 0 aliphatic heterocycles. The number of thiazole rings is 1. The van der Waals surface area contributed by atoms with Crippen LogP contribution in [0.3, 0.4) is 0 Å². The highest BCUT2D eigenvalue weighted by atomic mass is 32.1. The Morgan fingerprint density at radius 1 is 1.29 bits per heavy atom. The molecule has 1 atom stereocenters. The first-order chi connectivity index (χ1) is 8.24. The van der Waals surface area contributed by atoms with Gasteiger partial charge in [0.15, 0.2) is 0 Å². The summed E-state index contributed by atoms with van der Waals surface area (Å²) in [7, 11) is 0. The highest BCUT2D eigenvalue weighted by molar-refractivity contribution is 7.09. The third kappa shape index (κ3) is 2.73. The monoisotopic (exact) mass is 246 g/mol. The maximum Gasteiger partial charge on any atom is 0.107 e. The van der Waals surface area contributed by atoms with Crippen LogP contribution in [0, 0.1) is 0 Å². The van der Waals surface area contributed by atoms with E-state index in [0.717, 1.165) is 10.7 Å². The summed E-state index contributed by atoms with van der Waals surface area (Å²) in [5.74, 6) is 0.624. The van der Waals surface area contributed by atoms with Crippen LogP contribution in [0.5, 0.6) is 0 Å². The van der Waals surface area contributed by atoms with Gasteiger partial charge in [-0.05, 0) is 17.9 Å². The van der Waals surface area contributed by atoms with E-state index in [1.165, 1.54) is 17.5 Å². The number of hydrogen-bond acceptors (Lipinski definition) is 3. The zero-order chi connectivity index (χ0) is 12.3. The molecule has 2 nitrogen and oxygen atoms in total. The number of rotatable bonds is 4. The summed E-state index contributed by atoms with van der Waals surface area (Å²) in [6.07, 6.45) is 1.17. The lowest BCUT2D eigenvalue weighted by Gasteiger charge is -2.08. The summed E-state index contributed by atoms with van der Waals surface area (Å²) in [5.41, 5.74) is 9.17. The van der Waals surface area contributed by atoms with Crippen molar-refractivity contribution in [3.8, 4) is 11.3 Å². The molecule has 0 aliphatic carbocycles. The molecule has 0 aliphatic rings. The third-order valence-electron chi connectivity index (χ3n) is 3.11. The predicted octanol–water partition coefficient (Wildman–Crippen LogP) is 3.78. The minimum absolute atomic E-state index is 0.523. The van der Waals surface area contributed by atoms with E-state index in [4.69, 9.17) is 5.73 Å². The van der Waals surface area contributed by atoms with Crippen molar-refractivity contribution in [2.45, 2.75) is 32.7 Å². The van der Waals surface area contributed by atoms with Crippen molar-refractivity contribution in [1.82, 2.24) is 4.98 Å². The molecule has 90 valence electrons. The highest BCUT2D eigenvalue weighted by Gasteiger charge is 2.05. The van der Waals surface area contributed by atoms with Gasteiger partial charge in [-0.15, -0.1) is 11.3 Å². The smallest absolute Gasteiger partial charge is 0.107 e. The lowest BCUT2D eigenvalue weighted by molar-refractivity contribution is 0.734. The third-order valence-corrected chi connectivity index (χ3v) is 3.99. The second kappa shape index (κ2) is 5.43. The first kappa shape index (κ1) is 12.3. The molecule has 0 spiro atoms. The molecule has 2 N–H and O–H groups in total. The van der Waals surface area contributed by atoms with Gasteiger partial charge in [0.2, 0.25) is 0 Å². The van der Waals surface area contributed by atoms with E-state index in [-0.39, 0.29) is 0 Å². The van der Waals surface area contributed by atoms with E-state index in [2.05, 4.69) is 48.5 Å². The van der Waals surface area contributed by atoms with E-state index < -0.39 is 0 Å². The summed E-state index contributed by atoms with van der Waals surface area (Å²) >= 11 is 1.62. The van der Waals surface area contributed by atoms with Crippen LogP contribution in [0.15, 0.2) is 29.6 Å². The largest absolute Gasteiger partial charge is 0.325 e. The highest BCUT2D eigenvalue weighted by Crippen LogP contribution is 2.25. The average molecular weight is 246 g/mol. The quantitative estimate of drug-likeness (QED) is 0.891. The molecule has 0 fully saturated rings. The van der Waals surface area contributed by atoms with Crippen molar-refractivity contribution in [2.24, 2.45) is 5.73 Å². The molecular formula is C14H18N2S. The van der Waals surface area contributed by atoms with Crippen LogP contribution in [-0.4, -0.2) is 4.98 Å². The topological polar surface area (TPSA) is 38.9 Å². The number of hydrogen-bond donors (Lipinski definition) is 1. The minimum atomic E-state index is 0.523. The van der Waals surface area contributed by atoms with E-state index in [1.807, 2.05) is 0 Å². The molecule has 0 bridgehead atoms. The lowest BCUT2D eigenvalue weighted by Crippen LogP contribution is -1.94. The van der Waals surface area contributed by atoms with E-state index in [9.17, 15) is 0 Å². The maximum absolute atomic E-state index is 5.57. The zero-order valence-corrected chi connectivity index (χ0v) is 11.1. The van der Waals surface area contributed by atoms with Gasteiger partial charge < -0.3 is 5.73 Å². The van der Waals surface area contributed by atoms with Crippen molar-refractivity contribution in [3.63, 3.8) is 0 Å². The van der Waals surface area contributed by atoms with Crippen LogP contribution in [0.2, 0.25) is 0 Å². The fourth-order valence-electron chi connectivity index (χ4n) is 1.76. The molecule has 0 saturated heterocycles. The molecule has 1 aromatic heterocycles. The molecule has 0 radical (unpaired) electrons. The summed E-state index contributed by atoms with van der Waals surface area (Å²) in [4.78, 5) is 4.49. The Labute approximate surface area is 107 Å². The molecular weight excluding hydrogens is 228 g/mol. The minimum Gasteiger partial charge on any atom is -0.325 e. The fourth-order valence-corrected chi connectivity index (χ4v) is 2.44. The second-order valence-corrected chi connectivity index (χ2v) is 5.20. The molecule has 0 amide bonds. The Hall–Kier alpha value is -1.19. The van der Waals surface area contributed by atoms with Gasteiger partial charge in [0.25, 0.3) is 0 Å². The molecule has 1 unspecified atom stereocenters. The van der Waals surface area contributed by atoms with Gasteiger partial charge in [0, 0.05) is 17.5 Å². The Balaban J connectivity index is 2.22. The first-order valence-corrected chi connectivity index (χ1v) is 6.87. The number of benzene rings is 1. The van der Waals surface area contributed by atoms with Gasteiger partial charge >= 0.3 is 0 Å². The van der Waals surface area contributed by atoms with Crippen molar-refractivity contribution in [3.05, 3.63) is 40.2 Å². The van der Waals surface area contributed by atoms with Gasteiger partial charge in [-0.25, -0.2) is 4.98 Å². The van der Waals surface area contributed by atoms with Crippen LogP contribution in [0.4, 0.5) is 0 Å². The fraction of sp³-hybridized carbons (Fsp3) is 0.357. The summed E-state index contributed by atoms with van der Waals surface area (Å²) in [6, 6.07) is 8.70. The van der Waals surface area contributed by atoms with E-state index in [1.54, 1.807) is 11.3 Å². The summed E-state index contributed by atoms with van der Waals surface area (Å²) in [6.45, 7) is 4.99. The molecule has 1 heterocycles. The standard InChI is InChI=1S/C14H18N2S/c1-3-10(2)11-4-6-12(7-5-11)13-9-17-14(8-15)16-13/h4-7,9-10H,3,8,15H2,1-2H3. The van der Waals surface area contributed by atoms with Gasteiger partial charge in [-0.2, -0.15) is 0 Å². The first-order valence-electron chi connectivity index (χ1n) is 5.99. The SMILES string of the molecule is CCC(C)c1ccc(-c2csc(CN)n2)cc1. The molecule has 0 saturated carbocycles. The Morgan fingerprint density at radius 3 is 2.53 bits per heavy atom. The molecule has 2 rings (SSSR count). The van der Waals surface area contributed by atoms with Gasteiger partial charge in [0.1, 0.15) is 5.01 Å². The van der Waals surface area contributed by atoms with Crippen molar-refractivity contribution in [2.75, 3.05) is 0 Å². The van der Waals surface area contributed by atoms with Crippen LogP contribution in [0.25, 0.3) is 11.3 Å². The Bertz CT molecular complexity index is 473. The normalized spacial score (nSPS) is 12.6.